The number of urea groups is 1. The van der Waals surface area contributed by atoms with E-state index in [1.165, 1.54) is 17.7 Å². The molecule has 2 amide bonds. The van der Waals surface area contributed by atoms with E-state index in [2.05, 4.69) is 32.8 Å². The molecule has 186 valence electrons. The lowest BCUT2D eigenvalue weighted by atomic mass is 9.92. The van der Waals surface area contributed by atoms with Crippen molar-refractivity contribution in [3.8, 4) is 5.69 Å². The smallest absolute Gasteiger partial charge is 0.320 e. The van der Waals surface area contributed by atoms with Gasteiger partial charge < -0.3 is 10.1 Å². The molecule has 0 radical (unpaired) electrons. The Labute approximate surface area is 206 Å². The number of amides is 2. The van der Waals surface area contributed by atoms with Crippen LogP contribution in [0, 0.1) is 5.82 Å². The third-order valence-electron chi connectivity index (χ3n) is 6.32. The zero-order chi connectivity index (χ0) is 25.0. The fraction of sp³-hybridized carbons (Fsp3) is 0.407. The van der Waals surface area contributed by atoms with Crippen molar-refractivity contribution < 1.29 is 13.9 Å². The Morgan fingerprint density at radius 3 is 2.57 bits per heavy atom. The van der Waals surface area contributed by atoms with Crippen molar-refractivity contribution in [3.63, 3.8) is 0 Å². The van der Waals surface area contributed by atoms with Gasteiger partial charge in [-0.2, -0.15) is 5.10 Å². The van der Waals surface area contributed by atoms with Crippen LogP contribution < -0.4 is 10.6 Å². The average molecular weight is 480 g/mol. The summed E-state index contributed by atoms with van der Waals surface area (Å²) < 4.78 is 20.8. The van der Waals surface area contributed by atoms with E-state index in [4.69, 9.17) is 4.74 Å². The molecule has 2 atom stereocenters. The maximum absolute atomic E-state index is 13.9. The van der Waals surface area contributed by atoms with Crippen LogP contribution in [0.25, 0.3) is 5.69 Å². The fourth-order valence-electron chi connectivity index (χ4n) is 4.43. The van der Waals surface area contributed by atoms with Crippen molar-refractivity contribution >= 4 is 11.8 Å². The minimum Gasteiger partial charge on any atom is -0.383 e. The number of anilines is 1. The second-order valence-electron chi connectivity index (χ2n) is 10.0. The first kappa shape index (κ1) is 24.9. The molecule has 0 aliphatic carbocycles. The van der Waals surface area contributed by atoms with Gasteiger partial charge in [-0.3, -0.25) is 10.2 Å². The SMILES string of the molecule is COCCN1CC(NC(=O)Nc2cc(C(C)(C)C)nn2-c2cccc(F)c2)C(c2ccccc2)C1. The Hall–Kier alpha value is -3.23. The molecule has 35 heavy (non-hydrogen) atoms. The number of halogens is 1. The first-order valence-electron chi connectivity index (χ1n) is 11.9. The summed E-state index contributed by atoms with van der Waals surface area (Å²) in [4.78, 5) is 15.5. The zero-order valence-electron chi connectivity index (χ0n) is 20.8. The summed E-state index contributed by atoms with van der Waals surface area (Å²) >= 11 is 0. The molecule has 2 N–H and O–H groups in total. The number of carbonyl (C=O) groups is 1. The van der Waals surface area contributed by atoms with E-state index >= 15 is 0 Å². The van der Waals surface area contributed by atoms with E-state index in [0.717, 1.165) is 25.3 Å². The fourth-order valence-corrected chi connectivity index (χ4v) is 4.43. The molecule has 1 aliphatic heterocycles. The topological polar surface area (TPSA) is 71.4 Å². The standard InChI is InChI=1S/C27H34FN5O2/c1-27(2,3)24-16-25(33(31-24)21-12-8-11-20(28)15-21)30-26(34)29-23-18-32(13-14-35-4)17-22(23)19-9-6-5-7-10-19/h5-12,15-16,22-23H,13-14,17-18H2,1-4H3,(H2,29,30,34). The van der Waals surface area contributed by atoms with Gasteiger partial charge in [-0.1, -0.05) is 57.2 Å². The van der Waals surface area contributed by atoms with E-state index in [1.54, 1.807) is 23.9 Å². The van der Waals surface area contributed by atoms with Gasteiger partial charge in [0, 0.05) is 44.1 Å². The van der Waals surface area contributed by atoms with Crippen molar-refractivity contribution in [1.82, 2.24) is 20.0 Å². The molecule has 3 aromatic rings. The molecule has 2 unspecified atom stereocenters. The number of ether oxygens (including phenoxy) is 1. The number of methoxy groups -OCH3 is 1. The summed E-state index contributed by atoms with van der Waals surface area (Å²) in [7, 11) is 1.70. The number of rotatable bonds is 7. The number of hydrogen-bond acceptors (Lipinski definition) is 4. The number of nitrogens with one attached hydrogen (secondary N) is 2. The minimum absolute atomic E-state index is 0.0677. The molecule has 8 heteroatoms. The zero-order valence-corrected chi connectivity index (χ0v) is 20.8. The van der Waals surface area contributed by atoms with Crippen LogP contribution in [0.1, 0.15) is 37.9 Å². The van der Waals surface area contributed by atoms with Crippen LogP contribution in [0.2, 0.25) is 0 Å². The van der Waals surface area contributed by atoms with E-state index in [9.17, 15) is 9.18 Å². The van der Waals surface area contributed by atoms with E-state index < -0.39 is 0 Å². The van der Waals surface area contributed by atoms with Crippen LogP contribution in [0.3, 0.4) is 0 Å². The van der Waals surface area contributed by atoms with Gasteiger partial charge in [0.1, 0.15) is 11.6 Å². The summed E-state index contributed by atoms with van der Waals surface area (Å²) in [5.74, 6) is 0.291. The maximum atomic E-state index is 13.9. The number of likely N-dealkylation sites (tertiary alicyclic amines) is 1. The third-order valence-corrected chi connectivity index (χ3v) is 6.32. The van der Waals surface area contributed by atoms with Crippen LogP contribution in [0.5, 0.6) is 0 Å². The maximum Gasteiger partial charge on any atom is 0.320 e. The Bertz CT molecular complexity index is 1140. The van der Waals surface area contributed by atoms with Gasteiger partial charge in [0.25, 0.3) is 0 Å². The van der Waals surface area contributed by atoms with Gasteiger partial charge in [-0.25, -0.2) is 13.9 Å². The van der Waals surface area contributed by atoms with Gasteiger partial charge in [0.15, 0.2) is 0 Å². The van der Waals surface area contributed by atoms with Gasteiger partial charge in [0.2, 0.25) is 0 Å². The molecule has 7 nitrogen and oxygen atoms in total. The Balaban J connectivity index is 1.55. The highest BCUT2D eigenvalue weighted by molar-refractivity contribution is 5.89. The number of carbonyl (C=O) groups excluding carboxylic acids is 1. The molecule has 1 fully saturated rings. The monoisotopic (exact) mass is 479 g/mol. The first-order valence-corrected chi connectivity index (χ1v) is 11.9. The summed E-state index contributed by atoms with van der Waals surface area (Å²) in [5, 5.41) is 10.8. The summed E-state index contributed by atoms with van der Waals surface area (Å²) in [6.07, 6.45) is 0. The Morgan fingerprint density at radius 1 is 1.11 bits per heavy atom. The predicted molar refractivity (Wildman–Crippen MR) is 136 cm³/mol. The van der Waals surface area contributed by atoms with Crippen LogP contribution in [0.15, 0.2) is 60.7 Å². The lowest BCUT2D eigenvalue weighted by Crippen LogP contribution is -2.42. The van der Waals surface area contributed by atoms with Gasteiger partial charge in [-0.05, 0) is 23.8 Å². The second-order valence-corrected chi connectivity index (χ2v) is 10.0. The van der Waals surface area contributed by atoms with Crippen molar-refractivity contribution in [2.24, 2.45) is 0 Å². The highest BCUT2D eigenvalue weighted by Gasteiger charge is 2.35. The largest absolute Gasteiger partial charge is 0.383 e. The molecule has 2 heterocycles. The van der Waals surface area contributed by atoms with Gasteiger partial charge in [0.05, 0.1) is 24.0 Å². The Morgan fingerprint density at radius 2 is 1.89 bits per heavy atom. The number of benzene rings is 2. The van der Waals surface area contributed by atoms with Crippen molar-refractivity contribution in [2.45, 2.75) is 38.1 Å². The highest BCUT2D eigenvalue weighted by atomic mass is 19.1. The summed E-state index contributed by atoms with van der Waals surface area (Å²) in [6, 6.07) is 17.9. The van der Waals surface area contributed by atoms with E-state index in [1.807, 2.05) is 45.0 Å². The first-order chi connectivity index (χ1) is 16.7. The number of aromatic nitrogens is 2. The molecule has 0 saturated carbocycles. The molecule has 1 aromatic heterocycles. The summed E-state index contributed by atoms with van der Waals surface area (Å²) in [6.45, 7) is 9.16. The highest BCUT2D eigenvalue weighted by Crippen LogP contribution is 2.29. The van der Waals surface area contributed by atoms with E-state index in [-0.39, 0.29) is 29.2 Å². The molecular formula is C27H34FN5O2. The average Bonchev–Trinajstić information content (AvgIpc) is 3.42. The second kappa shape index (κ2) is 10.6. The van der Waals surface area contributed by atoms with Crippen molar-refractivity contribution in [2.75, 3.05) is 38.7 Å². The van der Waals surface area contributed by atoms with Crippen molar-refractivity contribution in [3.05, 3.63) is 77.7 Å². The summed E-state index contributed by atoms with van der Waals surface area (Å²) in [5.41, 5.74) is 2.30. The molecular weight excluding hydrogens is 445 g/mol. The predicted octanol–water partition coefficient (Wildman–Crippen LogP) is 4.54. The molecule has 0 bridgehead atoms. The third kappa shape index (κ3) is 6.07. The molecule has 1 aliphatic rings. The molecule has 2 aromatic carbocycles. The Kier molecular flexibility index (Phi) is 7.52. The molecule has 0 spiro atoms. The van der Waals surface area contributed by atoms with Crippen LogP contribution in [-0.2, 0) is 10.2 Å². The van der Waals surface area contributed by atoms with Gasteiger partial charge >= 0.3 is 6.03 Å². The number of nitrogens with zero attached hydrogens (tertiary/aromatic N) is 3. The lowest BCUT2D eigenvalue weighted by molar-refractivity contribution is 0.159. The molecule has 4 rings (SSSR count). The van der Waals surface area contributed by atoms with Gasteiger partial charge in [-0.15, -0.1) is 0 Å². The molecule has 1 saturated heterocycles. The van der Waals surface area contributed by atoms with Crippen LogP contribution in [-0.4, -0.2) is 60.1 Å². The lowest BCUT2D eigenvalue weighted by Gasteiger charge is -2.20. The minimum atomic E-state index is -0.362. The quantitative estimate of drug-likeness (QED) is 0.522. The van der Waals surface area contributed by atoms with Crippen molar-refractivity contribution in [1.29, 1.82) is 0 Å². The van der Waals surface area contributed by atoms with Crippen LogP contribution in [0.4, 0.5) is 15.0 Å². The normalized spacial score (nSPS) is 18.5. The van der Waals surface area contributed by atoms with E-state index in [0.29, 0.717) is 18.1 Å². The number of hydrogen-bond donors (Lipinski definition) is 2. The van der Waals surface area contributed by atoms with Crippen LogP contribution >= 0.6 is 0 Å².